The summed E-state index contributed by atoms with van der Waals surface area (Å²) >= 11 is 3.58. The normalized spacial score (nSPS) is 20.1. The van der Waals surface area contributed by atoms with Crippen molar-refractivity contribution in [3.05, 3.63) is 15.9 Å². The third kappa shape index (κ3) is 3.30. The van der Waals surface area contributed by atoms with Crippen LogP contribution in [0.25, 0.3) is 0 Å². The number of hydrogen-bond donors (Lipinski definition) is 1. The van der Waals surface area contributed by atoms with E-state index in [4.69, 9.17) is 4.74 Å². The van der Waals surface area contributed by atoms with Crippen LogP contribution in [0, 0.1) is 12.8 Å². The van der Waals surface area contributed by atoms with E-state index in [1.807, 2.05) is 18.7 Å². The minimum absolute atomic E-state index is 0.749. The smallest absolute Gasteiger partial charge is 0.0739 e. The Kier molecular flexibility index (Phi) is 4.59. The van der Waals surface area contributed by atoms with Gasteiger partial charge in [0.25, 0.3) is 0 Å². The zero-order valence-electron chi connectivity index (χ0n) is 10.5. The van der Waals surface area contributed by atoms with E-state index < -0.39 is 0 Å². The van der Waals surface area contributed by atoms with Gasteiger partial charge >= 0.3 is 0 Å². The molecule has 2 heterocycles. The zero-order valence-corrected chi connectivity index (χ0v) is 12.1. The SMILES string of the molecule is Cc1nn(C)c(CNCCC2CCOC2)c1Br. The van der Waals surface area contributed by atoms with E-state index in [0.29, 0.717) is 0 Å². The molecule has 0 radical (unpaired) electrons. The average molecular weight is 302 g/mol. The molecule has 0 aliphatic carbocycles. The minimum Gasteiger partial charge on any atom is -0.381 e. The van der Waals surface area contributed by atoms with Crippen molar-refractivity contribution in [1.82, 2.24) is 15.1 Å². The molecule has 1 unspecified atom stereocenters. The second kappa shape index (κ2) is 5.98. The molecule has 4 nitrogen and oxygen atoms in total. The van der Waals surface area contributed by atoms with Crippen molar-refractivity contribution in [2.75, 3.05) is 19.8 Å². The van der Waals surface area contributed by atoms with Gasteiger partial charge in [0.05, 0.1) is 15.9 Å². The van der Waals surface area contributed by atoms with Crippen LogP contribution in [0.1, 0.15) is 24.2 Å². The summed E-state index contributed by atoms with van der Waals surface area (Å²) < 4.78 is 8.42. The molecule has 1 saturated heterocycles. The van der Waals surface area contributed by atoms with Gasteiger partial charge in [-0.05, 0) is 48.2 Å². The van der Waals surface area contributed by atoms with Gasteiger partial charge in [-0.1, -0.05) is 0 Å². The summed E-state index contributed by atoms with van der Waals surface area (Å²) in [5.74, 6) is 0.749. The summed E-state index contributed by atoms with van der Waals surface area (Å²) in [6.07, 6.45) is 2.42. The Morgan fingerprint density at radius 1 is 1.59 bits per heavy atom. The van der Waals surface area contributed by atoms with Crippen molar-refractivity contribution >= 4 is 15.9 Å². The predicted octanol–water partition coefficient (Wildman–Crippen LogP) is 2.01. The van der Waals surface area contributed by atoms with Crippen LogP contribution in [-0.2, 0) is 18.3 Å². The lowest BCUT2D eigenvalue weighted by atomic mass is 10.1. The molecule has 1 atom stereocenters. The van der Waals surface area contributed by atoms with Crippen molar-refractivity contribution < 1.29 is 4.74 Å². The van der Waals surface area contributed by atoms with Gasteiger partial charge in [-0.2, -0.15) is 5.10 Å². The fourth-order valence-electron chi connectivity index (χ4n) is 2.20. The lowest BCUT2D eigenvalue weighted by Crippen LogP contribution is -2.19. The topological polar surface area (TPSA) is 39.1 Å². The van der Waals surface area contributed by atoms with Crippen LogP contribution in [-0.4, -0.2) is 29.5 Å². The quantitative estimate of drug-likeness (QED) is 0.846. The van der Waals surface area contributed by atoms with Gasteiger partial charge < -0.3 is 10.1 Å². The Balaban J connectivity index is 1.74. The molecular weight excluding hydrogens is 282 g/mol. The molecule has 17 heavy (non-hydrogen) atoms. The van der Waals surface area contributed by atoms with E-state index in [1.165, 1.54) is 18.5 Å². The third-order valence-electron chi connectivity index (χ3n) is 3.31. The van der Waals surface area contributed by atoms with Gasteiger partial charge in [0.1, 0.15) is 0 Å². The summed E-state index contributed by atoms with van der Waals surface area (Å²) in [6, 6.07) is 0. The molecule has 0 bridgehead atoms. The number of aryl methyl sites for hydroxylation is 2. The molecule has 96 valence electrons. The fourth-order valence-corrected chi connectivity index (χ4v) is 2.67. The number of ether oxygens (including phenoxy) is 1. The Morgan fingerprint density at radius 2 is 2.41 bits per heavy atom. The molecule has 1 aliphatic rings. The number of aromatic nitrogens is 2. The maximum atomic E-state index is 5.36. The van der Waals surface area contributed by atoms with Crippen LogP contribution in [0.2, 0.25) is 0 Å². The average Bonchev–Trinajstić information content (AvgIpc) is 2.87. The molecule has 1 fully saturated rings. The van der Waals surface area contributed by atoms with Gasteiger partial charge in [0, 0.05) is 26.8 Å². The Morgan fingerprint density at radius 3 is 3.00 bits per heavy atom. The van der Waals surface area contributed by atoms with Crippen molar-refractivity contribution in [3.8, 4) is 0 Å². The molecular formula is C12H20BrN3O. The van der Waals surface area contributed by atoms with Crippen LogP contribution >= 0.6 is 15.9 Å². The number of nitrogens with one attached hydrogen (secondary N) is 1. The molecule has 1 N–H and O–H groups in total. The highest BCUT2D eigenvalue weighted by molar-refractivity contribution is 9.10. The maximum Gasteiger partial charge on any atom is 0.0739 e. The molecule has 0 aromatic carbocycles. The van der Waals surface area contributed by atoms with Gasteiger partial charge in [-0.15, -0.1) is 0 Å². The van der Waals surface area contributed by atoms with E-state index >= 15 is 0 Å². The molecule has 0 amide bonds. The minimum atomic E-state index is 0.749. The van der Waals surface area contributed by atoms with Crippen molar-refractivity contribution in [1.29, 1.82) is 0 Å². The lowest BCUT2D eigenvalue weighted by Gasteiger charge is -2.09. The monoisotopic (exact) mass is 301 g/mol. The number of rotatable bonds is 5. The first-order valence-corrected chi connectivity index (χ1v) is 6.94. The third-order valence-corrected chi connectivity index (χ3v) is 4.34. The molecule has 0 saturated carbocycles. The molecule has 2 rings (SSSR count). The van der Waals surface area contributed by atoms with E-state index in [0.717, 1.165) is 42.4 Å². The maximum absolute atomic E-state index is 5.36. The second-order valence-electron chi connectivity index (χ2n) is 4.66. The van der Waals surface area contributed by atoms with Gasteiger partial charge in [-0.25, -0.2) is 0 Å². The van der Waals surface area contributed by atoms with Crippen LogP contribution in [0.15, 0.2) is 4.47 Å². The Bertz CT molecular complexity index is 372. The first-order valence-electron chi connectivity index (χ1n) is 6.15. The molecule has 0 spiro atoms. The second-order valence-corrected chi connectivity index (χ2v) is 5.46. The van der Waals surface area contributed by atoms with Crippen LogP contribution < -0.4 is 5.32 Å². The first-order chi connectivity index (χ1) is 8.18. The van der Waals surface area contributed by atoms with E-state index in [2.05, 4.69) is 26.3 Å². The summed E-state index contributed by atoms with van der Waals surface area (Å²) in [5.41, 5.74) is 2.26. The number of halogens is 1. The Hall–Kier alpha value is -0.390. The van der Waals surface area contributed by atoms with Gasteiger partial charge in [-0.3, -0.25) is 4.68 Å². The van der Waals surface area contributed by atoms with Gasteiger partial charge in [0.15, 0.2) is 0 Å². The standard InChI is InChI=1S/C12H20BrN3O/c1-9-12(13)11(16(2)15-9)7-14-5-3-10-4-6-17-8-10/h10,14H,3-8H2,1-2H3. The largest absolute Gasteiger partial charge is 0.381 e. The van der Waals surface area contributed by atoms with Crippen LogP contribution in [0.5, 0.6) is 0 Å². The lowest BCUT2D eigenvalue weighted by molar-refractivity contribution is 0.184. The summed E-state index contributed by atoms with van der Waals surface area (Å²) in [6.45, 7) is 5.81. The highest BCUT2D eigenvalue weighted by Crippen LogP contribution is 2.20. The highest BCUT2D eigenvalue weighted by atomic mass is 79.9. The van der Waals surface area contributed by atoms with Crippen molar-refractivity contribution in [3.63, 3.8) is 0 Å². The van der Waals surface area contributed by atoms with E-state index in [1.54, 1.807) is 0 Å². The molecule has 1 aliphatic heterocycles. The first kappa shape index (κ1) is 13.1. The highest BCUT2D eigenvalue weighted by Gasteiger charge is 2.15. The van der Waals surface area contributed by atoms with Crippen LogP contribution in [0.4, 0.5) is 0 Å². The van der Waals surface area contributed by atoms with Crippen molar-refractivity contribution in [2.24, 2.45) is 13.0 Å². The fraction of sp³-hybridized carbons (Fsp3) is 0.750. The number of hydrogen-bond acceptors (Lipinski definition) is 3. The van der Waals surface area contributed by atoms with E-state index in [-0.39, 0.29) is 0 Å². The van der Waals surface area contributed by atoms with Crippen LogP contribution in [0.3, 0.4) is 0 Å². The van der Waals surface area contributed by atoms with E-state index in [9.17, 15) is 0 Å². The zero-order chi connectivity index (χ0) is 12.3. The number of nitrogens with zero attached hydrogens (tertiary/aromatic N) is 2. The molecule has 5 heteroatoms. The van der Waals surface area contributed by atoms with Gasteiger partial charge in [0.2, 0.25) is 0 Å². The summed E-state index contributed by atoms with van der Waals surface area (Å²) in [5, 5.41) is 7.85. The predicted molar refractivity (Wildman–Crippen MR) is 70.9 cm³/mol. The summed E-state index contributed by atoms with van der Waals surface area (Å²) in [4.78, 5) is 0. The summed E-state index contributed by atoms with van der Waals surface area (Å²) in [7, 11) is 1.99. The molecule has 1 aromatic rings. The Labute approximate surface area is 111 Å². The van der Waals surface area contributed by atoms with Crippen molar-refractivity contribution in [2.45, 2.75) is 26.3 Å². The molecule has 1 aromatic heterocycles.